The number of carbonyl (C=O) groups excluding carboxylic acids is 1. The summed E-state index contributed by atoms with van der Waals surface area (Å²) in [6, 6.07) is 15.6. The lowest BCUT2D eigenvalue weighted by atomic mass is 9.86. The summed E-state index contributed by atoms with van der Waals surface area (Å²) in [5.41, 5.74) is 1.55. The molecule has 4 N–H and O–H groups in total. The molecular weight excluding hydrogens is 544 g/mol. The highest BCUT2D eigenvalue weighted by molar-refractivity contribution is 7.92. The van der Waals surface area contributed by atoms with Gasteiger partial charge in [0.05, 0.1) is 30.4 Å². The largest absolute Gasteiger partial charge is 0.492 e. The smallest absolute Gasteiger partial charge is 0.323 e. The van der Waals surface area contributed by atoms with Crippen LogP contribution >= 0.6 is 0 Å². The standard InChI is InChI=1S/C29H34N6O5S/c1-7-30-27-31-15-14-25(34-27)40-24-13-12-21(19-10-8-9-11-20(19)24)32-28(36)33-22-16-18(29(2,3)4)17-23(26(22)39-5)35-41(6,37)38/h8-17,35H,7H2,1-6H3,(H,30,31,34)(H2,32,33,36). The van der Waals surface area contributed by atoms with Gasteiger partial charge >= 0.3 is 6.03 Å². The molecule has 1 heterocycles. The van der Waals surface area contributed by atoms with Gasteiger partial charge in [-0.2, -0.15) is 4.98 Å². The highest BCUT2D eigenvalue weighted by atomic mass is 32.2. The number of benzene rings is 3. The minimum atomic E-state index is -3.60. The number of anilines is 4. The van der Waals surface area contributed by atoms with Crippen LogP contribution in [0.15, 0.2) is 60.8 Å². The van der Waals surface area contributed by atoms with Crippen molar-refractivity contribution in [3.8, 4) is 17.4 Å². The maximum absolute atomic E-state index is 13.3. The zero-order valence-corrected chi connectivity index (χ0v) is 24.6. The van der Waals surface area contributed by atoms with E-state index in [9.17, 15) is 13.2 Å². The molecule has 216 valence electrons. The predicted octanol–water partition coefficient (Wildman–Crippen LogP) is 6.18. The van der Waals surface area contributed by atoms with Crippen molar-refractivity contribution < 1.29 is 22.7 Å². The number of urea groups is 1. The van der Waals surface area contributed by atoms with Crippen LogP contribution in [0.2, 0.25) is 0 Å². The third kappa shape index (κ3) is 7.34. The zero-order valence-electron chi connectivity index (χ0n) is 23.8. The number of carbonyl (C=O) groups is 1. The van der Waals surface area contributed by atoms with Crippen molar-refractivity contribution in [2.24, 2.45) is 0 Å². The van der Waals surface area contributed by atoms with E-state index in [0.29, 0.717) is 35.5 Å². The summed E-state index contributed by atoms with van der Waals surface area (Å²) in [5, 5.41) is 10.3. The molecule has 0 saturated heterocycles. The van der Waals surface area contributed by atoms with Crippen LogP contribution in [0, 0.1) is 0 Å². The zero-order chi connectivity index (χ0) is 29.8. The van der Waals surface area contributed by atoms with E-state index in [0.717, 1.165) is 22.6 Å². The van der Waals surface area contributed by atoms with Crippen LogP contribution in [0.25, 0.3) is 10.8 Å². The van der Waals surface area contributed by atoms with E-state index in [-0.39, 0.29) is 16.9 Å². The fourth-order valence-electron chi connectivity index (χ4n) is 4.15. The number of hydrogen-bond acceptors (Lipinski definition) is 8. The summed E-state index contributed by atoms with van der Waals surface area (Å²) in [5.74, 6) is 1.59. The van der Waals surface area contributed by atoms with Crippen molar-refractivity contribution in [2.45, 2.75) is 33.1 Å². The average Bonchev–Trinajstić information content (AvgIpc) is 2.89. The molecule has 2 amide bonds. The Balaban J connectivity index is 1.64. The molecule has 4 aromatic rings. The third-order valence-corrected chi connectivity index (χ3v) is 6.61. The van der Waals surface area contributed by atoms with Gasteiger partial charge in [0.25, 0.3) is 0 Å². The minimum Gasteiger partial charge on any atom is -0.492 e. The lowest BCUT2D eigenvalue weighted by Gasteiger charge is -2.24. The molecule has 0 spiro atoms. The van der Waals surface area contributed by atoms with Gasteiger partial charge in [-0.05, 0) is 42.2 Å². The molecule has 0 bridgehead atoms. The van der Waals surface area contributed by atoms with Crippen molar-refractivity contribution in [3.05, 3.63) is 66.4 Å². The summed E-state index contributed by atoms with van der Waals surface area (Å²) < 4.78 is 38.1. The first kappa shape index (κ1) is 29.4. The van der Waals surface area contributed by atoms with Gasteiger partial charge < -0.3 is 25.4 Å². The van der Waals surface area contributed by atoms with Crippen LogP contribution < -0.4 is 30.1 Å². The van der Waals surface area contributed by atoms with Gasteiger partial charge in [-0.25, -0.2) is 18.2 Å². The summed E-state index contributed by atoms with van der Waals surface area (Å²) in [6.07, 6.45) is 2.67. The summed E-state index contributed by atoms with van der Waals surface area (Å²) in [6.45, 7) is 8.59. The van der Waals surface area contributed by atoms with Gasteiger partial charge in [0.15, 0.2) is 5.75 Å². The molecule has 12 heteroatoms. The van der Waals surface area contributed by atoms with E-state index in [2.05, 4.69) is 30.6 Å². The van der Waals surface area contributed by atoms with E-state index in [4.69, 9.17) is 9.47 Å². The number of nitrogens with zero attached hydrogens (tertiary/aromatic N) is 2. The number of ether oxygens (including phenoxy) is 2. The highest BCUT2D eigenvalue weighted by Crippen LogP contribution is 2.39. The van der Waals surface area contributed by atoms with Crippen molar-refractivity contribution in [1.29, 1.82) is 0 Å². The van der Waals surface area contributed by atoms with Crippen LogP contribution in [-0.2, 0) is 15.4 Å². The fourth-order valence-corrected chi connectivity index (χ4v) is 4.70. The lowest BCUT2D eigenvalue weighted by molar-refractivity contribution is 0.262. The first-order valence-electron chi connectivity index (χ1n) is 12.9. The second-order valence-corrected chi connectivity index (χ2v) is 12.1. The van der Waals surface area contributed by atoms with Gasteiger partial charge in [-0.3, -0.25) is 4.72 Å². The van der Waals surface area contributed by atoms with Crippen molar-refractivity contribution >= 4 is 49.8 Å². The molecule has 0 unspecified atom stereocenters. The Kier molecular flexibility index (Phi) is 8.52. The molecule has 0 aliphatic heterocycles. The lowest BCUT2D eigenvalue weighted by Crippen LogP contribution is -2.22. The molecular formula is C29H34N6O5S. The van der Waals surface area contributed by atoms with Gasteiger partial charge in [-0.15, -0.1) is 0 Å². The normalized spacial score (nSPS) is 11.6. The maximum Gasteiger partial charge on any atom is 0.323 e. The van der Waals surface area contributed by atoms with Crippen molar-refractivity contribution in [2.75, 3.05) is 40.6 Å². The number of sulfonamides is 1. The van der Waals surface area contributed by atoms with Crippen molar-refractivity contribution in [3.63, 3.8) is 0 Å². The molecule has 41 heavy (non-hydrogen) atoms. The third-order valence-electron chi connectivity index (χ3n) is 6.01. The minimum absolute atomic E-state index is 0.189. The monoisotopic (exact) mass is 578 g/mol. The number of fused-ring (bicyclic) bond motifs is 1. The Morgan fingerprint density at radius 1 is 0.951 bits per heavy atom. The summed E-state index contributed by atoms with van der Waals surface area (Å²) in [7, 11) is -2.19. The van der Waals surface area contributed by atoms with Crippen LogP contribution in [0.5, 0.6) is 17.4 Å². The van der Waals surface area contributed by atoms with Gasteiger partial charge in [0.2, 0.25) is 21.9 Å². The summed E-state index contributed by atoms with van der Waals surface area (Å²) in [4.78, 5) is 21.8. The topological polar surface area (TPSA) is 144 Å². The van der Waals surface area contributed by atoms with Crippen LogP contribution in [0.4, 0.5) is 27.8 Å². The Morgan fingerprint density at radius 2 is 1.63 bits per heavy atom. The first-order valence-corrected chi connectivity index (χ1v) is 14.8. The second-order valence-electron chi connectivity index (χ2n) is 10.3. The molecule has 0 atom stereocenters. The molecule has 0 aliphatic rings. The van der Waals surface area contributed by atoms with E-state index >= 15 is 0 Å². The van der Waals surface area contributed by atoms with Crippen LogP contribution in [0.1, 0.15) is 33.3 Å². The second kappa shape index (κ2) is 11.9. The SMILES string of the molecule is CCNc1nccc(Oc2ccc(NC(=O)Nc3cc(C(C)(C)C)cc(NS(C)(=O)=O)c3OC)c3ccccc23)n1. The predicted molar refractivity (Wildman–Crippen MR) is 163 cm³/mol. The van der Waals surface area contributed by atoms with E-state index < -0.39 is 16.1 Å². The maximum atomic E-state index is 13.3. The quantitative estimate of drug-likeness (QED) is 0.184. The van der Waals surface area contributed by atoms with Gasteiger partial charge in [-0.1, -0.05) is 45.0 Å². The van der Waals surface area contributed by atoms with Gasteiger partial charge in [0.1, 0.15) is 5.75 Å². The van der Waals surface area contributed by atoms with Crippen molar-refractivity contribution in [1.82, 2.24) is 9.97 Å². The highest BCUT2D eigenvalue weighted by Gasteiger charge is 2.22. The number of amides is 2. The summed E-state index contributed by atoms with van der Waals surface area (Å²) >= 11 is 0. The molecule has 0 aliphatic carbocycles. The Bertz CT molecular complexity index is 1690. The number of rotatable bonds is 9. The molecule has 11 nitrogen and oxygen atoms in total. The van der Waals surface area contributed by atoms with Gasteiger partial charge in [0, 0.05) is 29.6 Å². The number of hydrogen-bond donors (Lipinski definition) is 4. The molecule has 1 aromatic heterocycles. The average molecular weight is 579 g/mol. The van der Waals surface area contributed by atoms with E-state index in [1.807, 2.05) is 52.0 Å². The van der Waals surface area contributed by atoms with E-state index in [1.54, 1.807) is 36.5 Å². The van der Waals surface area contributed by atoms with E-state index in [1.165, 1.54) is 7.11 Å². The number of aromatic nitrogens is 2. The Morgan fingerprint density at radius 3 is 2.29 bits per heavy atom. The number of nitrogens with one attached hydrogen (secondary N) is 4. The Hall–Kier alpha value is -4.58. The first-order chi connectivity index (χ1) is 19.4. The molecule has 0 fully saturated rings. The Labute approximate surface area is 239 Å². The molecule has 0 saturated carbocycles. The number of methoxy groups -OCH3 is 1. The molecule has 4 rings (SSSR count). The molecule has 3 aromatic carbocycles. The molecule has 0 radical (unpaired) electrons. The fraction of sp³-hybridized carbons (Fsp3) is 0.276. The van der Waals surface area contributed by atoms with Crippen LogP contribution in [-0.4, -0.2) is 44.3 Å². The van der Waals surface area contributed by atoms with Crippen LogP contribution in [0.3, 0.4) is 0 Å².